The maximum Gasteiger partial charge on any atom is 0.0638 e. The molecule has 3 heteroatoms. The topological polar surface area (TPSA) is 35.8 Å². The van der Waals surface area contributed by atoms with Gasteiger partial charge in [0.15, 0.2) is 0 Å². The molecule has 0 aliphatic heterocycles. The minimum absolute atomic E-state index is 0.237. The second kappa shape index (κ2) is 5.47. The van der Waals surface area contributed by atoms with Crippen molar-refractivity contribution < 1.29 is 0 Å². The summed E-state index contributed by atoms with van der Waals surface area (Å²) in [5.74, 6) is 0. The van der Waals surface area contributed by atoms with Crippen molar-refractivity contribution in [2.24, 2.45) is 0 Å². The molecule has 0 aliphatic rings. The van der Waals surface area contributed by atoms with Crippen molar-refractivity contribution in [1.82, 2.24) is 5.32 Å². The number of nitrogens with zero attached hydrogens (tertiary/aromatic N) is 1. The van der Waals surface area contributed by atoms with Crippen LogP contribution in [-0.2, 0) is 12.0 Å². The first-order valence-electron chi connectivity index (χ1n) is 5.63. The van der Waals surface area contributed by atoms with E-state index in [0.717, 1.165) is 6.54 Å². The van der Waals surface area contributed by atoms with Gasteiger partial charge in [0.2, 0.25) is 0 Å². The van der Waals surface area contributed by atoms with Crippen LogP contribution >= 0.6 is 11.3 Å². The SMILES string of the molecule is CC(CC#N)NCc1ccc(C(C)(C)C)s1. The first-order valence-corrected chi connectivity index (χ1v) is 6.44. The highest BCUT2D eigenvalue weighted by Crippen LogP contribution is 2.29. The van der Waals surface area contributed by atoms with E-state index in [0.29, 0.717) is 6.42 Å². The molecule has 1 N–H and O–H groups in total. The molecule has 1 aromatic heterocycles. The Balaban J connectivity index is 2.51. The van der Waals surface area contributed by atoms with E-state index in [9.17, 15) is 0 Å². The average molecular weight is 236 g/mol. The molecule has 2 nitrogen and oxygen atoms in total. The Labute approximate surface area is 102 Å². The number of nitriles is 1. The van der Waals surface area contributed by atoms with Crippen molar-refractivity contribution >= 4 is 11.3 Å². The van der Waals surface area contributed by atoms with E-state index >= 15 is 0 Å². The number of hydrogen-bond acceptors (Lipinski definition) is 3. The van der Waals surface area contributed by atoms with Gasteiger partial charge in [-0.3, -0.25) is 0 Å². The summed E-state index contributed by atoms with van der Waals surface area (Å²) < 4.78 is 0. The van der Waals surface area contributed by atoms with Crippen LogP contribution in [0.4, 0.5) is 0 Å². The second-order valence-electron chi connectivity index (χ2n) is 5.16. The molecule has 0 spiro atoms. The Hall–Kier alpha value is -0.850. The first kappa shape index (κ1) is 13.2. The molecule has 0 amide bonds. The third-order valence-corrected chi connectivity index (χ3v) is 3.93. The highest BCUT2D eigenvalue weighted by Gasteiger charge is 2.15. The number of hydrogen-bond donors (Lipinski definition) is 1. The lowest BCUT2D eigenvalue weighted by molar-refractivity contribution is 0.561. The fourth-order valence-electron chi connectivity index (χ4n) is 1.36. The first-order chi connectivity index (χ1) is 7.43. The van der Waals surface area contributed by atoms with Crippen LogP contribution in [-0.4, -0.2) is 6.04 Å². The molecule has 1 rings (SSSR count). The molecule has 0 saturated carbocycles. The highest BCUT2D eigenvalue weighted by atomic mass is 32.1. The van der Waals surface area contributed by atoms with Gasteiger partial charge in [0, 0.05) is 22.3 Å². The minimum atomic E-state index is 0.237. The Morgan fingerprint density at radius 3 is 2.62 bits per heavy atom. The summed E-state index contributed by atoms with van der Waals surface area (Å²) in [7, 11) is 0. The van der Waals surface area contributed by atoms with E-state index in [1.54, 1.807) is 0 Å². The third-order valence-electron chi connectivity index (χ3n) is 2.42. The van der Waals surface area contributed by atoms with Gasteiger partial charge in [-0.15, -0.1) is 11.3 Å². The zero-order chi connectivity index (χ0) is 12.2. The van der Waals surface area contributed by atoms with Gasteiger partial charge in [0.05, 0.1) is 12.5 Å². The molecule has 0 fully saturated rings. The van der Waals surface area contributed by atoms with Gasteiger partial charge in [-0.2, -0.15) is 5.26 Å². The third kappa shape index (κ3) is 3.96. The molecule has 1 aromatic rings. The van der Waals surface area contributed by atoms with E-state index in [4.69, 9.17) is 5.26 Å². The van der Waals surface area contributed by atoms with E-state index in [2.05, 4.69) is 44.3 Å². The predicted octanol–water partition coefficient (Wildman–Crippen LogP) is 3.44. The molecule has 0 saturated heterocycles. The Bertz CT molecular complexity index is 368. The molecule has 0 aromatic carbocycles. The van der Waals surface area contributed by atoms with E-state index in [1.165, 1.54) is 9.75 Å². The predicted molar refractivity (Wildman–Crippen MR) is 69.6 cm³/mol. The summed E-state index contributed by atoms with van der Waals surface area (Å²) in [4.78, 5) is 2.76. The molecule has 1 unspecified atom stereocenters. The molecule has 0 aliphatic carbocycles. The minimum Gasteiger partial charge on any atom is -0.308 e. The van der Waals surface area contributed by atoms with Crippen LogP contribution in [0.1, 0.15) is 43.9 Å². The van der Waals surface area contributed by atoms with Crippen LogP contribution in [0.5, 0.6) is 0 Å². The van der Waals surface area contributed by atoms with Crippen LogP contribution in [0.25, 0.3) is 0 Å². The normalized spacial score (nSPS) is 13.4. The largest absolute Gasteiger partial charge is 0.308 e. The van der Waals surface area contributed by atoms with Gasteiger partial charge < -0.3 is 5.32 Å². The second-order valence-corrected chi connectivity index (χ2v) is 6.33. The number of thiophene rings is 1. The fraction of sp³-hybridized carbons (Fsp3) is 0.615. The van der Waals surface area contributed by atoms with E-state index < -0.39 is 0 Å². The van der Waals surface area contributed by atoms with Crippen LogP contribution in [0, 0.1) is 11.3 Å². The summed E-state index contributed by atoms with van der Waals surface area (Å²) in [6.07, 6.45) is 0.567. The van der Waals surface area contributed by atoms with Gasteiger partial charge >= 0.3 is 0 Å². The maximum absolute atomic E-state index is 8.56. The Kier molecular flexibility index (Phi) is 4.52. The van der Waals surface area contributed by atoms with Crippen LogP contribution in [0.3, 0.4) is 0 Å². The van der Waals surface area contributed by atoms with Gasteiger partial charge in [0.1, 0.15) is 0 Å². The van der Waals surface area contributed by atoms with Crippen molar-refractivity contribution in [3.63, 3.8) is 0 Å². The van der Waals surface area contributed by atoms with Crippen molar-refractivity contribution in [3.05, 3.63) is 21.9 Å². The van der Waals surface area contributed by atoms with Gasteiger partial charge in [-0.25, -0.2) is 0 Å². The van der Waals surface area contributed by atoms with E-state index in [1.807, 2.05) is 18.3 Å². The Morgan fingerprint density at radius 1 is 1.44 bits per heavy atom. The van der Waals surface area contributed by atoms with Crippen LogP contribution in [0.15, 0.2) is 12.1 Å². The van der Waals surface area contributed by atoms with Gasteiger partial charge in [-0.05, 0) is 24.5 Å². The van der Waals surface area contributed by atoms with E-state index in [-0.39, 0.29) is 11.5 Å². The monoisotopic (exact) mass is 236 g/mol. The average Bonchev–Trinajstić information content (AvgIpc) is 2.63. The smallest absolute Gasteiger partial charge is 0.0638 e. The molecule has 0 bridgehead atoms. The molecular formula is C13H20N2S. The quantitative estimate of drug-likeness (QED) is 0.869. The van der Waals surface area contributed by atoms with Crippen LogP contribution < -0.4 is 5.32 Å². The van der Waals surface area contributed by atoms with Gasteiger partial charge in [0.25, 0.3) is 0 Å². The van der Waals surface area contributed by atoms with Crippen molar-refractivity contribution in [2.75, 3.05) is 0 Å². The standard InChI is InChI=1S/C13H20N2S/c1-10(7-8-14)15-9-11-5-6-12(16-11)13(2,3)4/h5-6,10,15H,7,9H2,1-4H3. The van der Waals surface area contributed by atoms with Crippen molar-refractivity contribution in [2.45, 2.75) is 52.1 Å². The summed E-state index contributed by atoms with van der Waals surface area (Å²) in [6.45, 7) is 9.60. The van der Waals surface area contributed by atoms with Crippen molar-refractivity contribution in [3.8, 4) is 6.07 Å². The lowest BCUT2D eigenvalue weighted by Crippen LogP contribution is -2.24. The van der Waals surface area contributed by atoms with Crippen LogP contribution in [0.2, 0.25) is 0 Å². The number of rotatable bonds is 4. The molecule has 1 heterocycles. The van der Waals surface area contributed by atoms with Crippen molar-refractivity contribution in [1.29, 1.82) is 5.26 Å². The molecule has 1 atom stereocenters. The maximum atomic E-state index is 8.56. The fourth-order valence-corrected chi connectivity index (χ4v) is 2.38. The van der Waals surface area contributed by atoms with Gasteiger partial charge in [-0.1, -0.05) is 20.8 Å². The number of nitrogens with one attached hydrogen (secondary N) is 1. The molecule has 0 radical (unpaired) electrons. The zero-order valence-corrected chi connectivity index (χ0v) is 11.3. The molecular weight excluding hydrogens is 216 g/mol. The lowest BCUT2D eigenvalue weighted by Gasteiger charge is -2.15. The summed E-state index contributed by atoms with van der Waals surface area (Å²) in [5.41, 5.74) is 0.237. The summed E-state index contributed by atoms with van der Waals surface area (Å²) >= 11 is 1.85. The summed E-state index contributed by atoms with van der Waals surface area (Å²) in [6, 6.07) is 6.83. The Morgan fingerprint density at radius 2 is 2.12 bits per heavy atom. The highest BCUT2D eigenvalue weighted by molar-refractivity contribution is 7.12. The molecule has 16 heavy (non-hydrogen) atoms. The zero-order valence-electron chi connectivity index (χ0n) is 10.5. The molecule has 88 valence electrons. The lowest BCUT2D eigenvalue weighted by atomic mass is 9.95. The summed E-state index contributed by atoms with van der Waals surface area (Å²) in [5, 5.41) is 11.9.